The van der Waals surface area contributed by atoms with Gasteiger partial charge in [-0.3, -0.25) is 0 Å². The molecule has 0 amide bonds. The van der Waals surface area contributed by atoms with E-state index in [4.69, 9.17) is 23.7 Å². The van der Waals surface area contributed by atoms with E-state index in [1.54, 1.807) is 6.07 Å². The molecule has 6 rings (SSSR count). The topological polar surface area (TPSA) is 78.4 Å². The molecule has 0 aliphatic carbocycles. The van der Waals surface area contributed by atoms with Crippen LogP contribution in [0.3, 0.4) is 0 Å². The summed E-state index contributed by atoms with van der Waals surface area (Å²) in [5.41, 5.74) is 3.90. The molecule has 4 aromatic carbocycles. The first-order chi connectivity index (χ1) is 19.7. The zero-order valence-electron chi connectivity index (χ0n) is 22.1. The van der Waals surface area contributed by atoms with Crippen molar-refractivity contribution in [1.29, 1.82) is 0 Å². The smallest absolute Gasteiger partial charge is 0.231 e. The Morgan fingerprint density at radius 1 is 0.675 bits per heavy atom. The summed E-state index contributed by atoms with van der Waals surface area (Å²) in [5.74, 6) is 1.24. The van der Waals surface area contributed by atoms with Crippen LogP contribution in [0.2, 0.25) is 0 Å². The lowest BCUT2D eigenvalue weighted by molar-refractivity contribution is -0.0862. The van der Waals surface area contributed by atoms with Gasteiger partial charge in [-0.25, -0.2) is 0 Å². The molecule has 2 N–H and O–H groups in total. The van der Waals surface area contributed by atoms with Gasteiger partial charge >= 0.3 is 0 Å². The van der Waals surface area contributed by atoms with Crippen molar-refractivity contribution in [3.8, 4) is 17.2 Å². The number of phenols is 1. The zero-order chi connectivity index (χ0) is 27.1. The first-order valence-corrected chi connectivity index (χ1v) is 13.6. The number of hydrogen-bond acceptors (Lipinski definition) is 7. The van der Waals surface area contributed by atoms with Crippen LogP contribution in [-0.4, -0.2) is 36.8 Å². The molecule has 0 aromatic heterocycles. The van der Waals surface area contributed by atoms with Crippen LogP contribution in [0.15, 0.2) is 103 Å². The fourth-order valence-electron chi connectivity index (χ4n) is 5.26. The van der Waals surface area contributed by atoms with Crippen LogP contribution in [0.25, 0.3) is 0 Å². The van der Waals surface area contributed by atoms with Crippen LogP contribution in [0, 0.1) is 0 Å². The first-order valence-electron chi connectivity index (χ1n) is 13.6. The monoisotopic (exact) mass is 539 g/mol. The Balaban J connectivity index is 1.28. The number of hydrogen-bond donors (Lipinski definition) is 2. The molecule has 0 spiro atoms. The standard InChI is InChI=1S/C33H33NO6/c35-28-17-30-29(39-22-40-30)16-26(28)31-33(38-20-25-14-8-3-9-15-25)32(37-19-24-12-6-2-7-13-24)27(34-31)21-36-18-23-10-4-1-5-11-23/h1-17,27,31-35H,18-22H2/t27-,31+,32+,33+/m0/s1. The maximum absolute atomic E-state index is 11.0. The minimum absolute atomic E-state index is 0.114. The van der Waals surface area contributed by atoms with E-state index >= 15 is 0 Å². The normalized spacial score (nSPS) is 21.5. The third-order valence-electron chi connectivity index (χ3n) is 7.28. The van der Waals surface area contributed by atoms with Crippen LogP contribution in [0.1, 0.15) is 28.3 Å². The Hall–Kier alpha value is -3.88. The maximum Gasteiger partial charge on any atom is 0.231 e. The molecule has 206 valence electrons. The molecule has 4 aromatic rings. The molecule has 7 nitrogen and oxygen atoms in total. The van der Waals surface area contributed by atoms with E-state index in [2.05, 4.69) is 5.32 Å². The fourth-order valence-corrected chi connectivity index (χ4v) is 5.26. The molecule has 2 aliphatic heterocycles. The van der Waals surface area contributed by atoms with Crippen molar-refractivity contribution in [2.24, 2.45) is 0 Å². The number of phenolic OH excluding ortho intramolecular Hbond substituents is 1. The molecule has 0 unspecified atom stereocenters. The summed E-state index contributed by atoms with van der Waals surface area (Å²) in [7, 11) is 0. The van der Waals surface area contributed by atoms with Crippen molar-refractivity contribution in [3.05, 3.63) is 125 Å². The highest BCUT2D eigenvalue weighted by Crippen LogP contribution is 2.43. The zero-order valence-corrected chi connectivity index (χ0v) is 22.1. The Morgan fingerprint density at radius 2 is 1.20 bits per heavy atom. The summed E-state index contributed by atoms with van der Waals surface area (Å²) in [4.78, 5) is 0. The second kappa shape index (κ2) is 12.5. The minimum Gasteiger partial charge on any atom is -0.507 e. The number of fused-ring (bicyclic) bond motifs is 1. The van der Waals surface area contributed by atoms with Crippen LogP contribution in [0.5, 0.6) is 17.2 Å². The largest absolute Gasteiger partial charge is 0.507 e. The molecule has 1 saturated heterocycles. The van der Waals surface area contributed by atoms with Gasteiger partial charge in [0.2, 0.25) is 6.79 Å². The Bertz CT molecular complexity index is 1370. The van der Waals surface area contributed by atoms with E-state index in [1.165, 1.54) is 0 Å². The molecule has 4 atom stereocenters. The molecule has 1 fully saturated rings. The maximum atomic E-state index is 11.0. The third kappa shape index (κ3) is 6.13. The second-order valence-corrected chi connectivity index (χ2v) is 10.0. The lowest BCUT2D eigenvalue weighted by atomic mass is 9.99. The van der Waals surface area contributed by atoms with E-state index in [1.807, 2.05) is 97.1 Å². The van der Waals surface area contributed by atoms with E-state index in [0.29, 0.717) is 43.5 Å². The summed E-state index contributed by atoms with van der Waals surface area (Å²) < 4.78 is 30.5. The molecule has 7 heteroatoms. The molecule has 0 radical (unpaired) electrons. The first kappa shape index (κ1) is 26.3. The Kier molecular flexibility index (Phi) is 8.25. The van der Waals surface area contributed by atoms with Crippen LogP contribution in [-0.2, 0) is 34.0 Å². The average molecular weight is 540 g/mol. The van der Waals surface area contributed by atoms with Crippen LogP contribution >= 0.6 is 0 Å². The molecular weight excluding hydrogens is 506 g/mol. The number of ether oxygens (including phenoxy) is 5. The van der Waals surface area contributed by atoms with E-state index in [9.17, 15) is 5.11 Å². The lowest BCUT2D eigenvalue weighted by Gasteiger charge is -2.27. The highest BCUT2D eigenvalue weighted by atomic mass is 16.7. The van der Waals surface area contributed by atoms with Gasteiger partial charge in [0.15, 0.2) is 11.5 Å². The average Bonchev–Trinajstić information content (AvgIpc) is 3.59. The van der Waals surface area contributed by atoms with Crippen LogP contribution < -0.4 is 14.8 Å². The highest BCUT2D eigenvalue weighted by Gasteiger charge is 2.46. The number of aromatic hydroxyl groups is 1. The molecule has 2 aliphatic rings. The second-order valence-electron chi connectivity index (χ2n) is 10.0. The van der Waals surface area contributed by atoms with Gasteiger partial charge in [0.05, 0.1) is 38.5 Å². The van der Waals surface area contributed by atoms with Gasteiger partial charge in [-0.15, -0.1) is 0 Å². The summed E-state index contributed by atoms with van der Waals surface area (Å²) >= 11 is 0. The van der Waals surface area contributed by atoms with Crippen molar-refractivity contribution >= 4 is 0 Å². The van der Waals surface area contributed by atoms with Crippen molar-refractivity contribution in [1.82, 2.24) is 5.32 Å². The molecule has 40 heavy (non-hydrogen) atoms. The Morgan fingerprint density at radius 3 is 1.80 bits per heavy atom. The van der Waals surface area contributed by atoms with Gasteiger partial charge in [-0.1, -0.05) is 91.0 Å². The SMILES string of the molecule is Oc1cc2c(cc1[C@H]1N[C@@H](COCc3ccccc3)[C@@H](OCc3ccccc3)[C@@H]1OCc1ccccc1)OCO2. The summed E-state index contributed by atoms with van der Waals surface area (Å²) in [6, 6.07) is 33.1. The molecule has 0 saturated carbocycles. The lowest BCUT2D eigenvalue weighted by Crippen LogP contribution is -2.39. The Labute approximate surface area is 234 Å². The van der Waals surface area contributed by atoms with Gasteiger partial charge in [-0.2, -0.15) is 0 Å². The number of rotatable bonds is 11. The summed E-state index contributed by atoms with van der Waals surface area (Å²) in [5, 5.41) is 14.7. The number of benzene rings is 4. The van der Waals surface area contributed by atoms with Gasteiger partial charge < -0.3 is 34.1 Å². The van der Waals surface area contributed by atoms with E-state index in [-0.39, 0.29) is 30.7 Å². The van der Waals surface area contributed by atoms with Crippen LogP contribution in [0.4, 0.5) is 0 Å². The van der Waals surface area contributed by atoms with Gasteiger partial charge in [0.1, 0.15) is 18.0 Å². The molecule has 2 heterocycles. The van der Waals surface area contributed by atoms with E-state index in [0.717, 1.165) is 16.7 Å². The fraction of sp³-hybridized carbons (Fsp3) is 0.273. The highest BCUT2D eigenvalue weighted by molar-refractivity contribution is 5.53. The third-order valence-corrected chi connectivity index (χ3v) is 7.28. The van der Waals surface area contributed by atoms with Crippen molar-refractivity contribution < 1.29 is 28.8 Å². The molecular formula is C33H33NO6. The van der Waals surface area contributed by atoms with Crippen molar-refractivity contribution in [3.63, 3.8) is 0 Å². The van der Waals surface area contributed by atoms with Gasteiger partial charge in [-0.05, 0) is 22.8 Å². The number of nitrogens with one attached hydrogen (secondary N) is 1. The predicted molar refractivity (Wildman–Crippen MR) is 150 cm³/mol. The van der Waals surface area contributed by atoms with Gasteiger partial charge in [0.25, 0.3) is 0 Å². The summed E-state index contributed by atoms with van der Waals surface area (Å²) in [6.45, 7) is 1.84. The van der Waals surface area contributed by atoms with Crippen molar-refractivity contribution in [2.45, 2.75) is 44.1 Å². The minimum atomic E-state index is -0.416. The molecule has 0 bridgehead atoms. The van der Waals surface area contributed by atoms with Crippen molar-refractivity contribution in [2.75, 3.05) is 13.4 Å². The predicted octanol–water partition coefficient (Wildman–Crippen LogP) is 5.52. The summed E-state index contributed by atoms with van der Waals surface area (Å²) in [6.07, 6.45) is -0.768. The van der Waals surface area contributed by atoms with Gasteiger partial charge in [0, 0.05) is 11.6 Å². The van der Waals surface area contributed by atoms with E-state index < -0.39 is 6.10 Å². The quantitative estimate of drug-likeness (QED) is 0.260.